The highest BCUT2D eigenvalue weighted by Gasteiger charge is 2.52. The molecule has 1 unspecified atom stereocenters. The van der Waals surface area contributed by atoms with Gasteiger partial charge in [-0.1, -0.05) is 23.4 Å². The number of nitrogens with zero attached hydrogens (tertiary/aromatic N) is 4. The number of aromatic nitrogens is 2. The van der Waals surface area contributed by atoms with Crippen LogP contribution in [0.1, 0.15) is 55.8 Å². The molecule has 7 nitrogen and oxygen atoms in total. The molecule has 39 heavy (non-hydrogen) atoms. The summed E-state index contributed by atoms with van der Waals surface area (Å²) in [5.41, 5.74) is 4.19. The maximum atomic E-state index is 13.8. The molecular weight excluding hydrogens is 495 g/mol. The Morgan fingerprint density at radius 2 is 1.87 bits per heavy atom. The molecule has 2 aromatic carbocycles. The number of imidazole rings is 1. The highest BCUT2D eigenvalue weighted by Crippen LogP contribution is 2.51. The zero-order valence-corrected chi connectivity index (χ0v) is 23.0. The van der Waals surface area contributed by atoms with E-state index >= 15 is 0 Å². The molecule has 1 spiro atoms. The van der Waals surface area contributed by atoms with Crippen molar-refractivity contribution in [1.82, 2.24) is 14.5 Å². The molecule has 204 valence electrons. The summed E-state index contributed by atoms with van der Waals surface area (Å²) in [6, 6.07) is 12.8. The predicted molar refractivity (Wildman–Crippen MR) is 148 cm³/mol. The number of amidine groups is 1. The van der Waals surface area contributed by atoms with Crippen molar-refractivity contribution in [3.05, 3.63) is 83.2 Å². The molecule has 3 aromatic rings. The molecule has 0 radical (unpaired) electrons. The summed E-state index contributed by atoms with van der Waals surface area (Å²) in [5.74, 6) is 1.35. The topological polar surface area (TPSA) is 61.1 Å². The Morgan fingerprint density at radius 1 is 1.10 bits per heavy atom. The van der Waals surface area contributed by atoms with Crippen molar-refractivity contribution in [2.45, 2.75) is 57.8 Å². The van der Waals surface area contributed by atoms with Crippen LogP contribution in [0.5, 0.6) is 5.75 Å². The van der Waals surface area contributed by atoms with Gasteiger partial charge in [0.05, 0.1) is 30.9 Å². The predicted octanol–water partition coefficient (Wildman–Crippen LogP) is 6.21. The third-order valence-corrected chi connectivity index (χ3v) is 8.67. The average molecular weight is 531 g/mol. The Morgan fingerprint density at radius 3 is 2.54 bits per heavy atom. The lowest BCUT2D eigenvalue weighted by molar-refractivity contribution is -0.109. The summed E-state index contributed by atoms with van der Waals surface area (Å²) >= 11 is 0. The SMILES string of the molecule is COc1cc(/C=C2\CC3(CCC(OC)CC3)CN3C2=NOC3(C)c2ccc(F)cc2)ccc1-n1cnc(C)c1. The monoisotopic (exact) mass is 530 g/mol. The van der Waals surface area contributed by atoms with Gasteiger partial charge in [0.1, 0.15) is 11.6 Å². The number of oxime groups is 1. The Balaban J connectivity index is 1.39. The summed E-state index contributed by atoms with van der Waals surface area (Å²) in [7, 11) is 3.50. The van der Waals surface area contributed by atoms with Crippen molar-refractivity contribution in [2.75, 3.05) is 20.8 Å². The van der Waals surface area contributed by atoms with Crippen molar-refractivity contribution < 1.29 is 18.7 Å². The van der Waals surface area contributed by atoms with Crippen LogP contribution in [0.3, 0.4) is 0 Å². The maximum Gasteiger partial charge on any atom is 0.234 e. The summed E-state index contributed by atoms with van der Waals surface area (Å²) in [5, 5.41) is 4.62. The van der Waals surface area contributed by atoms with Gasteiger partial charge >= 0.3 is 0 Å². The molecule has 2 fully saturated rings. The summed E-state index contributed by atoms with van der Waals surface area (Å²) in [6.45, 7) is 4.82. The Labute approximate surface area is 228 Å². The van der Waals surface area contributed by atoms with Crippen molar-refractivity contribution in [2.24, 2.45) is 10.6 Å². The van der Waals surface area contributed by atoms with E-state index in [0.29, 0.717) is 6.10 Å². The summed E-state index contributed by atoms with van der Waals surface area (Å²) in [6.07, 6.45) is 11.4. The van der Waals surface area contributed by atoms with Crippen LogP contribution in [0, 0.1) is 18.2 Å². The second kappa shape index (κ2) is 9.83. The van der Waals surface area contributed by atoms with E-state index < -0.39 is 5.72 Å². The smallest absolute Gasteiger partial charge is 0.234 e. The zero-order chi connectivity index (χ0) is 27.2. The molecule has 3 heterocycles. The highest BCUT2D eigenvalue weighted by atomic mass is 19.1. The largest absolute Gasteiger partial charge is 0.495 e. The third kappa shape index (κ3) is 4.61. The lowest BCUT2D eigenvalue weighted by atomic mass is 9.66. The van der Waals surface area contributed by atoms with Crippen LogP contribution in [0.15, 0.2) is 65.7 Å². The van der Waals surface area contributed by atoms with Gasteiger partial charge in [-0.05, 0) is 85.9 Å². The molecule has 3 aliphatic rings. The number of hydrogen-bond acceptors (Lipinski definition) is 6. The van der Waals surface area contributed by atoms with Crippen LogP contribution in [-0.4, -0.2) is 47.2 Å². The number of ether oxygens (including phenoxy) is 2. The first kappa shape index (κ1) is 25.6. The van der Waals surface area contributed by atoms with Crippen LogP contribution in [0.2, 0.25) is 0 Å². The first-order valence-electron chi connectivity index (χ1n) is 13.6. The number of piperidine rings is 1. The van der Waals surface area contributed by atoms with Crippen molar-refractivity contribution in [3.63, 3.8) is 0 Å². The molecule has 1 aromatic heterocycles. The van der Waals surface area contributed by atoms with Crippen LogP contribution in [-0.2, 0) is 15.3 Å². The summed E-state index contributed by atoms with van der Waals surface area (Å²) in [4.78, 5) is 12.8. The van der Waals surface area contributed by atoms with Gasteiger partial charge in [-0.25, -0.2) is 9.37 Å². The number of halogens is 1. The number of methoxy groups -OCH3 is 2. The van der Waals surface area contributed by atoms with Gasteiger partial charge in [0.25, 0.3) is 0 Å². The molecular formula is C31H35FN4O3. The number of fused-ring (bicyclic) bond motifs is 1. The minimum Gasteiger partial charge on any atom is -0.495 e. The van der Waals surface area contributed by atoms with Gasteiger partial charge in [0, 0.05) is 32.3 Å². The van der Waals surface area contributed by atoms with Gasteiger partial charge in [0.2, 0.25) is 5.72 Å². The third-order valence-electron chi connectivity index (χ3n) is 8.67. The van der Waals surface area contributed by atoms with E-state index in [1.807, 2.05) is 31.7 Å². The minimum atomic E-state index is -0.811. The van der Waals surface area contributed by atoms with Crippen molar-refractivity contribution in [3.8, 4) is 11.4 Å². The van der Waals surface area contributed by atoms with Crippen LogP contribution in [0.4, 0.5) is 4.39 Å². The number of rotatable bonds is 5. The van der Waals surface area contributed by atoms with E-state index in [1.54, 1.807) is 25.6 Å². The average Bonchev–Trinajstić information content (AvgIpc) is 3.53. The molecule has 0 N–H and O–H groups in total. The second-order valence-corrected chi connectivity index (χ2v) is 11.2. The number of benzene rings is 2. The normalized spacial score (nSPS) is 27.4. The van der Waals surface area contributed by atoms with Gasteiger partial charge in [-0.3, -0.25) is 0 Å². The molecule has 1 aliphatic carbocycles. The fourth-order valence-electron chi connectivity index (χ4n) is 6.37. The lowest BCUT2D eigenvalue weighted by Crippen LogP contribution is -2.54. The van der Waals surface area contributed by atoms with E-state index in [2.05, 4.69) is 39.3 Å². The van der Waals surface area contributed by atoms with E-state index in [0.717, 1.165) is 78.3 Å². The van der Waals surface area contributed by atoms with Crippen molar-refractivity contribution in [1.29, 1.82) is 0 Å². The van der Waals surface area contributed by atoms with Crippen LogP contribution in [0.25, 0.3) is 11.8 Å². The second-order valence-electron chi connectivity index (χ2n) is 11.2. The Bertz CT molecular complexity index is 1420. The van der Waals surface area contributed by atoms with Gasteiger partial charge < -0.3 is 23.8 Å². The van der Waals surface area contributed by atoms with Crippen molar-refractivity contribution >= 4 is 11.9 Å². The molecule has 0 amide bonds. The zero-order valence-electron chi connectivity index (χ0n) is 23.0. The van der Waals surface area contributed by atoms with Crippen LogP contribution >= 0.6 is 0 Å². The van der Waals surface area contributed by atoms with Gasteiger partial charge in [-0.2, -0.15) is 0 Å². The van der Waals surface area contributed by atoms with E-state index in [1.165, 1.54) is 12.1 Å². The molecule has 1 atom stereocenters. The highest BCUT2D eigenvalue weighted by molar-refractivity contribution is 6.03. The first-order chi connectivity index (χ1) is 18.8. The molecule has 8 heteroatoms. The lowest BCUT2D eigenvalue weighted by Gasteiger charge is -2.49. The maximum absolute atomic E-state index is 13.8. The quantitative estimate of drug-likeness (QED) is 0.393. The standard InChI is InChI=1S/C31H35FN4O3/c1-21-18-35(20-33-21)27-10-5-22(16-28(27)38-4)15-23-17-31(13-11-26(37-3)12-14-31)19-36-29(23)34-39-30(36,2)24-6-8-25(32)9-7-24/h5-10,15-16,18,20,26H,11-14,17,19H2,1-4H3/b23-15+. The van der Waals surface area contributed by atoms with Gasteiger partial charge in [0.15, 0.2) is 5.84 Å². The minimum absolute atomic E-state index is 0.0766. The molecule has 1 saturated heterocycles. The van der Waals surface area contributed by atoms with E-state index in [4.69, 9.17) is 14.3 Å². The fraction of sp³-hybridized carbons (Fsp3) is 0.419. The number of hydrogen-bond donors (Lipinski definition) is 0. The number of aryl methyl sites for hydroxylation is 1. The fourth-order valence-corrected chi connectivity index (χ4v) is 6.37. The Kier molecular flexibility index (Phi) is 6.46. The van der Waals surface area contributed by atoms with E-state index in [9.17, 15) is 4.39 Å². The van der Waals surface area contributed by atoms with Gasteiger partial charge in [-0.15, -0.1) is 0 Å². The Hall–Kier alpha value is -3.65. The van der Waals surface area contributed by atoms with E-state index in [-0.39, 0.29) is 11.2 Å². The van der Waals surface area contributed by atoms with Crippen LogP contribution < -0.4 is 4.74 Å². The molecule has 2 aliphatic heterocycles. The molecule has 1 saturated carbocycles. The first-order valence-corrected chi connectivity index (χ1v) is 13.6. The molecule has 0 bridgehead atoms. The molecule has 6 rings (SSSR count). The summed E-state index contributed by atoms with van der Waals surface area (Å²) < 4.78 is 27.2.